The summed E-state index contributed by atoms with van der Waals surface area (Å²) in [6.45, 7) is 6.85. The normalized spacial score (nSPS) is 34.8. The van der Waals surface area contributed by atoms with Crippen molar-refractivity contribution in [2.24, 2.45) is 0 Å². The Bertz CT molecular complexity index is 290. The van der Waals surface area contributed by atoms with Crippen LogP contribution in [0.3, 0.4) is 0 Å². The quantitative estimate of drug-likeness (QED) is 0.826. The lowest BCUT2D eigenvalue weighted by molar-refractivity contribution is 0.104. The van der Waals surface area contributed by atoms with E-state index in [2.05, 4.69) is 23.2 Å². The van der Waals surface area contributed by atoms with Gasteiger partial charge in [0.1, 0.15) is 5.54 Å². The molecule has 2 atom stereocenters. The topological polar surface area (TPSA) is 48.3 Å². The number of nitriles is 1. The minimum Gasteiger partial charge on any atom is -0.380 e. The van der Waals surface area contributed by atoms with E-state index in [1.54, 1.807) is 0 Å². The second kappa shape index (κ2) is 6.51. The molecule has 2 fully saturated rings. The third-order valence-electron chi connectivity index (χ3n) is 4.23. The molecule has 0 spiro atoms. The highest BCUT2D eigenvalue weighted by Crippen LogP contribution is 2.31. The maximum Gasteiger partial charge on any atom is 0.108 e. The molecule has 102 valence electrons. The molecule has 4 nitrogen and oxygen atoms in total. The first-order valence-corrected chi connectivity index (χ1v) is 7.28. The summed E-state index contributed by atoms with van der Waals surface area (Å²) in [7, 11) is 0. The average Bonchev–Trinajstić information content (AvgIpc) is 2.68. The third kappa shape index (κ3) is 3.23. The van der Waals surface area contributed by atoms with Crippen LogP contribution in [0.1, 0.15) is 39.0 Å². The second-order valence-electron chi connectivity index (χ2n) is 5.48. The van der Waals surface area contributed by atoms with Gasteiger partial charge < -0.3 is 4.74 Å². The highest BCUT2D eigenvalue weighted by Gasteiger charge is 2.37. The molecule has 1 heterocycles. The van der Waals surface area contributed by atoms with Crippen LogP contribution in [-0.4, -0.2) is 49.3 Å². The van der Waals surface area contributed by atoms with Crippen molar-refractivity contribution in [3.05, 3.63) is 0 Å². The summed E-state index contributed by atoms with van der Waals surface area (Å²) in [4.78, 5) is 2.54. The van der Waals surface area contributed by atoms with Gasteiger partial charge >= 0.3 is 0 Å². The molecule has 0 amide bonds. The van der Waals surface area contributed by atoms with Crippen molar-refractivity contribution >= 4 is 0 Å². The standard InChI is InChI=1S/C14H25N3O/c1-2-16-14(12-15)6-3-5-13(11-14)17-7-4-9-18-10-8-17/h13,16H,2-11H2,1H3. The van der Waals surface area contributed by atoms with Crippen molar-refractivity contribution in [3.8, 4) is 6.07 Å². The van der Waals surface area contributed by atoms with Gasteiger partial charge in [0, 0.05) is 25.7 Å². The van der Waals surface area contributed by atoms with Crippen molar-refractivity contribution in [3.63, 3.8) is 0 Å². The first-order valence-electron chi connectivity index (χ1n) is 7.28. The maximum atomic E-state index is 9.49. The molecule has 2 rings (SSSR count). The number of rotatable bonds is 3. The minimum absolute atomic E-state index is 0.287. The molecule has 1 aliphatic heterocycles. The monoisotopic (exact) mass is 251 g/mol. The van der Waals surface area contributed by atoms with Crippen LogP contribution in [0.2, 0.25) is 0 Å². The molecule has 2 aliphatic rings. The van der Waals surface area contributed by atoms with Crippen LogP contribution in [0.5, 0.6) is 0 Å². The number of hydrogen-bond acceptors (Lipinski definition) is 4. The van der Waals surface area contributed by atoms with Crippen LogP contribution in [0.15, 0.2) is 0 Å². The molecule has 0 aromatic heterocycles. The summed E-state index contributed by atoms with van der Waals surface area (Å²) in [5, 5.41) is 12.9. The number of hydrogen-bond donors (Lipinski definition) is 1. The predicted molar refractivity (Wildman–Crippen MR) is 71.3 cm³/mol. The molecule has 0 aromatic rings. The number of nitrogens with zero attached hydrogens (tertiary/aromatic N) is 2. The lowest BCUT2D eigenvalue weighted by Gasteiger charge is -2.41. The summed E-state index contributed by atoms with van der Waals surface area (Å²) < 4.78 is 5.52. The summed E-state index contributed by atoms with van der Waals surface area (Å²) in [5.74, 6) is 0. The summed E-state index contributed by atoms with van der Waals surface area (Å²) in [6.07, 6.45) is 5.48. The van der Waals surface area contributed by atoms with Gasteiger partial charge in [-0.3, -0.25) is 10.2 Å². The van der Waals surface area contributed by atoms with Crippen LogP contribution in [0.4, 0.5) is 0 Å². The lowest BCUT2D eigenvalue weighted by atomic mass is 9.79. The van der Waals surface area contributed by atoms with Crippen molar-refractivity contribution in [1.29, 1.82) is 5.26 Å². The molecule has 0 bridgehead atoms. The SMILES string of the molecule is CCNC1(C#N)CCCC(N2CCCOCC2)C1. The Kier molecular flexibility index (Phi) is 4.99. The van der Waals surface area contributed by atoms with Crippen LogP contribution < -0.4 is 5.32 Å². The van der Waals surface area contributed by atoms with E-state index in [0.29, 0.717) is 6.04 Å². The molecule has 1 N–H and O–H groups in total. The smallest absolute Gasteiger partial charge is 0.108 e. The molecule has 1 aliphatic carbocycles. The van der Waals surface area contributed by atoms with E-state index < -0.39 is 0 Å². The maximum absolute atomic E-state index is 9.49. The zero-order chi connectivity index (χ0) is 12.8. The fourth-order valence-electron chi connectivity index (χ4n) is 3.33. The van der Waals surface area contributed by atoms with Crippen LogP contribution in [-0.2, 0) is 4.74 Å². The Morgan fingerprint density at radius 1 is 1.39 bits per heavy atom. The van der Waals surface area contributed by atoms with Gasteiger partial charge in [0.15, 0.2) is 0 Å². The Balaban J connectivity index is 1.98. The molecular weight excluding hydrogens is 226 g/mol. The van der Waals surface area contributed by atoms with E-state index in [9.17, 15) is 5.26 Å². The van der Waals surface area contributed by atoms with Crippen molar-refractivity contribution < 1.29 is 4.74 Å². The second-order valence-corrected chi connectivity index (χ2v) is 5.48. The van der Waals surface area contributed by atoms with E-state index in [1.807, 2.05) is 0 Å². The Morgan fingerprint density at radius 3 is 3.06 bits per heavy atom. The molecule has 18 heavy (non-hydrogen) atoms. The van der Waals surface area contributed by atoms with Crippen molar-refractivity contribution in [1.82, 2.24) is 10.2 Å². The van der Waals surface area contributed by atoms with Gasteiger partial charge in [-0.05, 0) is 38.6 Å². The fourth-order valence-corrected chi connectivity index (χ4v) is 3.33. The predicted octanol–water partition coefficient (Wildman–Crippen LogP) is 1.52. The van der Waals surface area contributed by atoms with Gasteiger partial charge in [-0.2, -0.15) is 5.26 Å². The van der Waals surface area contributed by atoms with E-state index in [4.69, 9.17) is 4.74 Å². The molecule has 4 heteroatoms. The number of nitrogens with one attached hydrogen (secondary N) is 1. The molecule has 1 saturated carbocycles. The van der Waals surface area contributed by atoms with Gasteiger partial charge in [-0.1, -0.05) is 6.92 Å². The summed E-state index contributed by atoms with van der Waals surface area (Å²) in [5.41, 5.74) is -0.287. The van der Waals surface area contributed by atoms with E-state index >= 15 is 0 Å². The van der Waals surface area contributed by atoms with Crippen LogP contribution in [0, 0.1) is 11.3 Å². The highest BCUT2D eigenvalue weighted by molar-refractivity contribution is 5.11. The summed E-state index contributed by atoms with van der Waals surface area (Å²) in [6, 6.07) is 3.09. The van der Waals surface area contributed by atoms with Gasteiger partial charge in [-0.15, -0.1) is 0 Å². The molecule has 2 unspecified atom stereocenters. The molecule has 0 aromatic carbocycles. The third-order valence-corrected chi connectivity index (χ3v) is 4.23. The Hall–Kier alpha value is -0.630. The highest BCUT2D eigenvalue weighted by atomic mass is 16.5. The average molecular weight is 251 g/mol. The Labute approximate surface area is 110 Å². The van der Waals surface area contributed by atoms with E-state index in [0.717, 1.165) is 58.5 Å². The first kappa shape index (κ1) is 13.8. The Morgan fingerprint density at radius 2 is 2.28 bits per heavy atom. The molecule has 0 radical (unpaired) electrons. The van der Waals surface area contributed by atoms with Crippen LogP contribution >= 0.6 is 0 Å². The van der Waals surface area contributed by atoms with Gasteiger partial charge in [0.2, 0.25) is 0 Å². The lowest BCUT2D eigenvalue weighted by Crippen LogP contribution is -2.53. The fraction of sp³-hybridized carbons (Fsp3) is 0.929. The number of ether oxygens (including phenoxy) is 1. The summed E-state index contributed by atoms with van der Waals surface area (Å²) >= 11 is 0. The zero-order valence-electron chi connectivity index (χ0n) is 11.5. The van der Waals surface area contributed by atoms with Crippen molar-refractivity contribution in [2.75, 3.05) is 32.8 Å². The van der Waals surface area contributed by atoms with Gasteiger partial charge in [-0.25, -0.2) is 0 Å². The molecular formula is C14H25N3O. The van der Waals surface area contributed by atoms with Crippen molar-refractivity contribution in [2.45, 2.75) is 50.6 Å². The first-order chi connectivity index (χ1) is 8.79. The van der Waals surface area contributed by atoms with E-state index in [1.165, 1.54) is 6.42 Å². The minimum atomic E-state index is -0.287. The largest absolute Gasteiger partial charge is 0.380 e. The molecule has 1 saturated heterocycles. The van der Waals surface area contributed by atoms with E-state index in [-0.39, 0.29) is 5.54 Å². The van der Waals surface area contributed by atoms with Gasteiger partial charge in [0.05, 0.1) is 12.7 Å². The van der Waals surface area contributed by atoms with Gasteiger partial charge in [0.25, 0.3) is 0 Å². The zero-order valence-corrected chi connectivity index (χ0v) is 11.5. The van der Waals surface area contributed by atoms with Crippen LogP contribution in [0.25, 0.3) is 0 Å².